The fourth-order valence-electron chi connectivity index (χ4n) is 10.1. The normalized spacial score (nSPS) is 21.5. The zero-order valence-corrected chi connectivity index (χ0v) is 39.2. The Balaban J connectivity index is 1.25. The lowest BCUT2D eigenvalue weighted by Gasteiger charge is -2.37. The van der Waals surface area contributed by atoms with E-state index in [4.69, 9.17) is 14.7 Å². The molecule has 0 saturated carbocycles. The van der Waals surface area contributed by atoms with E-state index in [0.717, 1.165) is 78.1 Å². The Morgan fingerprint density at radius 2 is 1.90 bits per heavy atom. The zero-order chi connectivity index (χ0) is 45.2. The second-order valence-corrected chi connectivity index (χ2v) is 19.8. The number of nitrogens with one attached hydrogen (secondary N) is 2. The molecule has 1 unspecified atom stereocenters. The highest BCUT2D eigenvalue weighted by Crippen LogP contribution is 2.43. The molecule has 338 valence electrons. The number of methoxy groups -OCH3 is 1. The minimum absolute atomic E-state index is 0.0483. The number of rotatable bonds is 10. The number of hydrogen-bond acceptors (Lipinski definition) is 9. The smallest absolute Gasteiger partial charge is 0.259 e. The highest BCUT2D eigenvalue weighted by Gasteiger charge is 2.39. The van der Waals surface area contributed by atoms with Gasteiger partial charge in [0.05, 0.1) is 34.1 Å². The summed E-state index contributed by atoms with van der Waals surface area (Å²) < 4.78 is 8.27. The quantitative estimate of drug-likeness (QED) is 0.158. The number of pyridine rings is 1. The maximum absolute atomic E-state index is 14.6. The Hall–Kier alpha value is -4.92. The van der Waals surface area contributed by atoms with Crippen LogP contribution in [0.2, 0.25) is 0 Å². The molecule has 3 aromatic heterocycles. The molecule has 2 fully saturated rings. The third-order valence-corrected chi connectivity index (χ3v) is 14.3. The molecule has 63 heavy (non-hydrogen) atoms. The average molecular weight is 879 g/mol. The summed E-state index contributed by atoms with van der Waals surface area (Å²) in [5, 5.41) is 8.78. The predicted molar refractivity (Wildman–Crippen MR) is 248 cm³/mol. The molecular weight excluding hydrogens is 813 g/mol. The molecule has 5 atom stereocenters. The molecule has 0 aliphatic carbocycles. The van der Waals surface area contributed by atoms with Gasteiger partial charge in [-0.1, -0.05) is 46.8 Å². The lowest BCUT2D eigenvalue weighted by Crippen LogP contribution is -2.61. The number of likely N-dealkylation sites (N-methyl/N-ethyl adjacent to an activating group) is 1. The van der Waals surface area contributed by atoms with Gasteiger partial charge in [-0.05, 0) is 99.6 Å². The monoisotopic (exact) mass is 878 g/mol. The number of aryl methyl sites for hydroxylation is 1. The number of likely N-dealkylation sites (tertiary alicyclic amines) is 1. The number of benzene rings is 1. The van der Waals surface area contributed by atoms with Crippen molar-refractivity contribution >= 4 is 45.9 Å². The number of ether oxygens (including phenoxy) is 1. The highest BCUT2D eigenvalue weighted by atomic mass is 32.1. The molecule has 4 aromatic rings. The van der Waals surface area contributed by atoms with E-state index in [1.807, 2.05) is 38.4 Å². The summed E-state index contributed by atoms with van der Waals surface area (Å²) in [5.41, 5.74) is 10.9. The van der Waals surface area contributed by atoms with E-state index in [2.05, 4.69) is 66.9 Å². The molecule has 4 amide bonds. The van der Waals surface area contributed by atoms with Crippen molar-refractivity contribution < 1.29 is 23.9 Å². The zero-order valence-electron chi connectivity index (χ0n) is 38.4. The first-order valence-corrected chi connectivity index (χ1v) is 23.7. The van der Waals surface area contributed by atoms with Crippen molar-refractivity contribution in [2.45, 2.75) is 124 Å². The van der Waals surface area contributed by atoms with Crippen molar-refractivity contribution in [3.8, 4) is 22.5 Å². The molecule has 0 spiro atoms. The number of nitrogens with zero attached hydrogens (tertiary/aromatic N) is 6. The first-order valence-electron chi connectivity index (χ1n) is 22.8. The maximum Gasteiger partial charge on any atom is 0.259 e. The lowest BCUT2D eigenvalue weighted by atomic mass is 9.79. The van der Waals surface area contributed by atoms with Crippen LogP contribution in [0.3, 0.4) is 0 Å². The second kappa shape index (κ2) is 19.4. The molecule has 2 N–H and O–H groups in total. The van der Waals surface area contributed by atoms with Gasteiger partial charge >= 0.3 is 0 Å². The van der Waals surface area contributed by atoms with Gasteiger partial charge in [-0.2, -0.15) is 0 Å². The van der Waals surface area contributed by atoms with Crippen LogP contribution in [0.4, 0.5) is 0 Å². The first-order chi connectivity index (χ1) is 30.1. The molecule has 6 bridgehead atoms. The number of amides is 4. The number of carbonyl (C=O) groups is 4. The molecule has 13 nitrogen and oxygen atoms in total. The fourth-order valence-corrected chi connectivity index (χ4v) is 10.9. The second-order valence-electron chi connectivity index (χ2n) is 18.8. The molecule has 1 aromatic carbocycles. The Morgan fingerprint density at radius 1 is 1.13 bits per heavy atom. The van der Waals surface area contributed by atoms with Gasteiger partial charge in [0.1, 0.15) is 12.1 Å². The lowest BCUT2D eigenvalue weighted by molar-refractivity contribution is -0.146. The van der Waals surface area contributed by atoms with Crippen molar-refractivity contribution in [2.75, 3.05) is 33.8 Å². The minimum atomic E-state index is -0.920. The third-order valence-electron chi connectivity index (χ3n) is 13.4. The number of hydrazine groups is 1. The third kappa shape index (κ3) is 9.78. The van der Waals surface area contributed by atoms with E-state index in [-0.39, 0.29) is 54.2 Å². The van der Waals surface area contributed by atoms with Crippen LogP contribution in [0.15, 0.2) is 54.6 Å². The van der Waals surface area contributed by atoms with Gasteiger partial charge in [-0.15, -0.1) is 11.3 Å². The topological polar surface area (TPSA) is 142 Å². The summed E-state index contributed by atoms with van der Waals surface area (Å²) in [6.45, 7) is 18.4. The molecule has 3 aliphatic heterocycles. The van der Waals surface area contributed by atoms with Crippen LogP contribution in [0.5, 0.6) is 0 Å². The van der Waals surface area contributed by atoms with E-state index >= 15 is 0 Å². The fraction of sp³-hybridized carbons (Fsp3) is 0.551. The van der Waals surface area contributed by atoms with Gasteiger partial charge in [0.15, 0.2) is 0 Å². The van der Waals surface area contributed by atoms with Gasteiger partial charge in [0.25, 0.3) is 5.91 Å². The molecule has 3 aliphatic rings. The summed E-state index contributed by atoms with van der Waals surface area (Å²) in [7, 11) is 3.38. The van der Waals surface area contributed by atoms with Crippen LogP contribution < -0.4 is 10.7 Å². The maximum atomic E-state index is 14.6. The van der Waals surface area contributed by atoms with Crippen LogP contribution >= 0.6 is 11.3 Å². The van der Waals surface area contributed by atoms with Crippen molar-refractivity contribution in [3.63, 3.8) is 0 Å². The summed E-state index contributed by atoms with van der Waals surface area (Å²) in [4.78, 5) is 68.3. The van der Waals surface area contributed by atoms with Crippen molar-refractivity contribution in [1.29, 1.82) is 0 Å². The van der Waals surface area contributed by atoms with E-state index in [9.17, 15) is 19.2 Å². The Bertz CT molecular complexity index is 2330. The van der Waals surface area contributed by atoms with Gasteiger partial charge in [0, 0.05) is 86.4 Å². The molecule has 7 rings (SSSR count). The highest BCUT2D eigenvalue weighted by molar-refractivity contribution is 7.10. The standard InChI is InChI=1S/C49H66N8O5S/c1-10-42(58)55-24-20-33(28-55)47(60)54(8)44(30(3)4)46(59)52-38-26-41-51-39(29-63-41)32-18-19-40-36(25-32)37(45(56(40)11-2)35-17-13-22-50-43(35)31(5)62-9)27-49(6,7)21-12-15-34-16-14-23-57(53-34)48(38)61/h10,13,17-19,22,25,29-31,33-34,38,44,53H,1,11-12,14-16,20-21,23-24,26-28H2,2-9H3,(H,52,59)/t31-,33-,34+,38-,44?/m0/s1. The van der Waals surface area contributed by atoms with E-state index in [1.54, 1.807) is 24.1 Å². The van der Waals surface area contributed by atoms with Crippen molar-refractivity contribution in [1.82, 2.24) is 40.1 Å². The summed E-state index contributed by atoms with van der Waals surface area (Å²) in [6.07, 6.45) is 9.18. The minimum Gasteiger partial charge on any atom is -0.375 e. The largest absolute Gasteiger partial charge is 0.375 e. The number of thiazole rings is 1. The van der Waals surface area contributed by atoms with Crippen molar-refractivity contribution in [2.24, 2.45) is 17.3 Å². The molecule has 0 radical (unpaired) electrons. The van der Waals surface area contributed by atoms with Gasteiger partial charge in [-0.25, -0.2) is 10.4 Å². The summed E-state index contributed by atoms with van der Waals surface area (Å²) in [5.74, 6) is -1.68. The van der Waals surface area contributed by atoms with Gasteiger partial charge in [0.2, 0.25) is 17.7 Å². The number of aromatic nitrogens is 3. The van der Waals surface area contributed by atoms with Gasteiger partial charge < -0.3 is 24.4 Å². The van der Waals surface area contributed by atoms with Crippen molar-refractivity contribution in [3.05, 3.63) is 70.8 Å². The number of fused-ring (bicyclic) bond motifs is 6. The van der Waals surface area contributed by atoms with Crippen LogP contribution in [0.1, 0.15) is 102 Å². The summed E-state index contributed by atoms with van der Waals surface area (Å²) >= 11 is 1.48. The summed E-state index contributed by atoms with van der Waals surface area (Å²) in [6, 6.07) is 9.16. The Morgan fingerprint density at radius 3 is 2.63 bits per heavy atom. The average Bonchev–Trinajstić information content (AvgIpc) is 4.03. The molecule has 14 heteroatoms. The molecule has 2 saturated heterocycles. The Labute approximate surface area is 376 Å². The number of hydrogen-bond donors (Lipinski definition) is 2. The first kappa shape index (κ1) is 46.1. The molecule has 6 heterocycles. The Kier molecular flexibility index (Phi) is 14.2. The molecular formula is C49H66N8O5S. The van der Waals surface area contributed by atoms with Gasteiger partial charge in [-0.3, -0.25) is 29.2 Å². The van der Waals surface area contributed by atoms with Crippen LogP contribution in [-0.2, 0) is 43.3 Å². The van der Waals surface area contributed by atoms with E-state index < -0.39 is 23.9 Å². The predicted octanol–water partition coefficient (Wildman–Crippen LogP) is 7.35. The van der Waals surface area contributed by atoms with E-state index in [1.165, 1.54) is 39.0 Å². The van der Waals surface area contributed by atoms with Crippen LogP contribution in [0, 0.1) is 17.3 Å². The van der Waals surface area contributed by atoms with Crippen LogP contribution in [-0.4, -0.2) is 105 Å². The SMILES string of the molecule is C=CC(=O)N1CC[C@H](C(=O)N(C)C(C(=O)N[C@H]2Cc3nc(cs3)-c3ccc4c(c3)c(c(-c3cccnc3[C@H](C)OC)n4CC)CC(C)(C)CCC[C@@H]3CCCN(N3)C2=O)C(C)C)C1. The van der Waals surface area contributed by atoms with Crippen LogP contribution in [0.25, 0.3) is 33.4 Å². The number of carbonyl (C=O) groups excluding carboxylic acids is 4. The van der Waals surface area contributed by atoms with E-state index in [0.29, 0.717) is 19.5 Å².